The number of nitrogens with zero attached hydrogens (tertiary/aromatic N) is 2. The lowest BCUT2D eigenvalue weighted by molar-refractivity contribution is -0.0531. The van der Waals surface area contributed by atoms with Gasteiger partial charge in [0.1, 0.15) is 5.82 Å². The topological polar surface area (TPSA) is 67.9 Å². The standard InChI is InChI=1S/C16H23N3O2/c1-2-21-15(20)14-17-13(18-19-14)9-16-6-10-3-11(7-16)5-12(4-10)8-16/h10-12H,2-9H2,1H3,(H,17,18,19). The third-order valence-corrected chi connectivity index (χ3v) is 5.71. The van der Waals surface area contributed by atoms with Crippen molar-refractivity contribution in [1.29, 1.82) is 0 Å². The Morgan fingerprint density at radius 2 is 1.81 bits per heavy atom. The molecular weight excluding hydrogens is 266 g/mol. The molecule has 1 heterocycles. The maximum atomic E-state index is 11.7. The minimum absolute atomic E-state index is 0.247. The summed E-state index contributed by atoms with van der Waals surface area (Å²) in [6.45, 7) is 2.16. The number of hydrogen-bond donors (Lipinski definition) is 1. The van der Waals surface area contributed by atoms with Crippen LogP contribution in [0.3, 0.4) is 0 Å². The van der Waals surface area contributed by atoms with E-state index in [4.69, 9.17) is 4.74 Å². The van der Waals surface area contributed by atoms with Gasteiger partial charge < -0.3 is 9.72 Å². The summed E-state index contributed by atoms with van der Waals surface area (Å²) in [5.74, 6) is 3.51. The van der Waals surface area contributed by atoms with Gasteiger partial charge >= 0.3 is 5.97 Å². The molecule has 114 valence electrons. The number of aromatic amines is 1. The van der Waals surface area contributed by atoms with Crippen LogP contribution in [0.5, 0.6) is 0 Å². The SMILES string of the molecule is CCOC(=O)c1nnc(CC23CC4CC(CC(C4)C2)C3)[nH]1. The first kappa shape index (κ1) is 13.3. The Balaban J connectivity index is 1.50. The van der Waals surface area contributed by atoms with Gasteiger partial charge in [-0.05, 0) is 68.6 Å². The Morgan fingerprint density at radius 3 is 2.38 bits per heavy atom. The maximum absolute atomic E-state index is 11.7. The normalized spacial score (nSPS) is 36.9. The van der Waals surface area contributed by atoms with E-state index in [0.717, 1.165) is 30.0 Å². The van der Waals surface area contributed by atoms with Crippen molar-refractivity contribution in [3.8, 4) is 0 Å². The number of hydrogen-bond acceptors (Lipinski definition) is 4. The Labute approximate surface area is 124 Å². The van der Waals surface area contributed by atoms with E-state index < -0.39 is 5.97 Å². The Hall–Kier alpha value is -1.39. The Morgan fingerprint density at radius 1 is 1.19 bits per heavy atom. The molecule has 0 unspecified atom stereocenters. The van der Waals surface area contributed by atoms with E-state index in [0.29, 0.717) is 12.0 Å². The molecule has 0 aliphatic heterocycles. The molecule has 1 aromatic rings. The molecule has 0 aromatic carbocycles. The number of H-pyrrole nitrogens is 1. The van der Waals surface area contributed by atoms with Gasteiger partial charge in [0.25, 0.3) is 0 Å². The van der Waals surface area contributed by atoms with Gasteiger partial charge in [0, 0.05) is 6.42 Å². The van der Waals surface area contributed by atoms with Crippen LogP contribution in [0.4, 0.5) is 0 Å². The molecule has 4 aliphatic carbocycles. The van der Waals surface area contributed by atoms with Gasteiger partial charge in [0.2, 0.25) is 5.82 Å². The molecule has 5 rings (SSSR count). The summed E-state index contributed by atoms with van der Waals surface area (Å²) in [6.07, 6.45) is 9.32. The minimum atomic E-state index is -0.401. The first-order valence-corrected chi connectivity index (χ1v) is 8.24. The molecule has 4 aliphatic rings. The summed E-state index contributed by atoms with van der Waals surface area (Å²) in [4.78, 5) is 14.7. The summed E-state index contributed by atoms with van der Waals surface area (Å²) in [5, 5.41) is 8.14. The van der Waals surface area contributed by atoms with Crippen molar-refractivity contribution in [3.05, 3.63) is 11.6 Å². The van der Waals surface area contributed by atoms with Crippen LogP contribution in [0.25, 0.3) is 0 Å². The first-order chi connectivity index (χ1) is 10.2. The van der Waals surface area contributed by atoms with Crippen LogP contribution in [0.2, 0.25) is 0 Å². The summed E-state index contributed by atoms with van der Waals surface area (Å²) < 4.78 is 4.96. The van der Waals surface area contributed by atoms with Gasteiger partial charge in [0.05, 0.1) is 6.61 Å². The lowest BCUT2D eigenvalue weighted by atomic mass is 9.49. The summed E-state index contributed by atoms with van der Waals surface area (Å²) in [7, 11) is 0. The van der Waals surface area contributed by atoms with Gasteiger partial charge in [-0.25, -0.2) is 4.79 Å². The van der Waals surface area contributed by atoms with Gasteiger partial charge in [-0.3, -0.25) is 0 Å². The molecular formula is C16H23N3O2. The molecule has 1 aromatic heterocycles. The predicted octanol–water partition coefficient (Wildman–Crippen LogP) is 2.74. The zero-order valence-corrected chi connectivity index (χ0v) is 12.6. The third kappa shape index (κ3) is 2.36. The third-order valence-electron chi connectivity index (χ3n) is 5.71. The lowest BCUT2D eigenvalue weighted by Gasteiger charge is -2.56. The zero-order valence-electron chi connectivity index (χ0n) is 12.6. The highest BCUT2D eigenvalue weighted by Crippen LogP contribution is 2.60. The van der Waals surface area contributed by atoms with Crippen molar-refractivity contribution in [3.63, 3.8) is 0 Å². The molecule has 4 fully saturated rings. The molecule has 5 nitrogen and oxygen atoms in total. The lowest BCUT2D eigenvalue weighted by Crippen LogP contribution is -2.47. The highest BCUT2D eigenvalue weighted by molar-refractivity contribution is 5.84. The summed E-state index contributed by atoms with van der Waals surface area (Å²) >= 11 is 0. The van der Waals surface area contributed by atoms with Gasteiger partial charge in [-0.2, -0.15) is 0 Å². The number of aromatic nitrogens is 3. The highest BCUT2D eigenvalue weighted by atomic mass is 16.5. The molecule has 21 heavy (non-hydrogen) atoms. The quantitative estimate of drug-likeness (QED) is 0.865. The van der Waals surface area contributed by atoms with Crippen molar-refractivity contribution in [2.75, 3.05) is 6.61 Å². The molecule has 4 bridgehead atoms. The summed E-state index contributed by atoms with van der Waals surface area (Å²) in [6, 6.07) is 0. The van der Waals surface area contributed by atoms with Crippen LogP contribution >= 0.6 is 0 Å². The van der Waals surface area contributed by atoms with E-state index in [1.54, 1.807) is 6.92 Å². The van der Waals surface area contributed by atoms with Crippen molar-refractivity contribution in [2.45, 2.75) is 51.9 Å². The number of carbonyl (C=O) groups is 1. The van der Waals surface area contributed by atoms with Crippen molar-refractivity contribution < 1.29 is 9.53 Å². The van der Waals surface area contributed by atoms with E-state index in [2.05, 4.69) is 15.2 Å². The molecule has 1 N–H and O–H groups in total. The molecule has 0 atom stereocenters. The fraction of sp³-hybridized carbons (Fsp3) is 0.812. The van der Waals surface area contributed by atoms with Crippen LogP contribution in [0, 0.1) is 23.2 Å². The number of nitrogens with one attached hydrogen (secondary N) is 1. The average Bonchev–Trinajstić information content (AvgIpc) is 2.85. The smallest absolute Gasteiger partial charge is 0.376 e. The molecule has 0 radical (unpaired) electrons. The average molecular weight is 289 g/mol. The largest absolute Gasteiger partial charge is 0.460 e. The molecule has 0 amide bonds. The monoisotopic (exact) mass is 289 g/mol. The van der Waals surface area contributed by atoms with E-state index in [1.165, 1.54) is 38.5 Å². The second-order valence-electron chi connectivity index (χ2n) is 7.44. The Kier molecular flexibility index (Phi) is 3.05. The number of ether oxygens (including phenoxy) is 1. The molecule has 4 saturated carbocycles. The second-order valence-corrected chi connectivity index (χ2v) is 7.44. The highest BCUT2D eigenvalue weighted by Gasteiger charge is 2.51. The van der Waals surface area contributed by atoms with E-state index in [9.17, 15) is 4.79 Å². The van der Waals surface area contributed by atoms with E-state index in [-0.39, 0.29) is 5.82 Å². The fourth-order valence-electron chi connectivity index (χ4n) is 5.53. The number of carbonyl (C=O) groups excluding carboxylic acids is 1. The van der Waals surface area contributed by atoms with Crippen LogP contribution in [-0.4, -0.2) is 27.8 Å². The Bertz CT molecular complexity index is 516. The number of esters is 1. The molecule has 0 saturated heterocycles. The molecule has 0 spiro atoms. The maximum Gasteiger partial charge on any atom is 0.376 e. The predicted molar refractivity (Wildman–Crippen MR) is 76.6 cm³/mol. The van der Waals surface area contributed by atoms with E-state index >= 15 is 0 Å². The van der Waals surface area contributed by atoms with Crippen LogP contribution < -0.4 is 0 Å². The summed E-state index contributed by atoms with van der Waals surface area (Å²) in [5.41, 5.74) is 0.417. The van der Waals surface area contributed by atoms with Crippen molar-refractivity contribution in [1.82, 2.24) is 15.2 Å². The minimum Gasteiger partial charge on any atom is -0.460 e. The van der Waals surface area contributed by atoms with Crippen molar-refractivity contribution >= 4 is 5.97 Å². The second kappa shape index (κ2) is 4.82. The van der Waals surface area contributed by atoms with Crippen LogP contribution in [0.15, 0.2) is 0 Å². The fourth-order valence-corrected chi connectivity index (χ4v) is 5.53. The van der Waals surface area contributed by atoms with Gasteiger partial charge in [0.15, 0.2) is 0 Å². The zero-order chi connectivity index (χ0) is 14.4. The number of rotatable bonds is 4. The van der Waals surface area contributed by atoms with Gasteiger partial charge in [-0.15, -0.1) is 10.2 Å². The van der Waals surface area contributed by atoms with Crippen LogP contribution in [0.1, 0.15) is 61.9 Å². The van der Waals surface area contributed by atoms with E-state index in [1.807, 2.05) is 0 Å². The van der Waals surface area contributed by atoms with Gasteiger partial charge in [-0.1, -0.05) is 0 Å². The molecule has 5 heteroatoms. The first-order valence-electron chi connectivity index (χ1n) is 8.24. The van der Waals surface area contributed by atoms with Crippen LogP contribution in [-0.2, 0) is 11.2 Å². The van der Waals surface area contributed by atoms with Crippen molar-refractivity contribution in [2.24, 2.45) is 23.2 Å².